The average Bonchev–Trinajstić information content (AvgIpc) is 2.35. The Bertz CT molecular complexity index is 577. The highest BCUT2D eigenvalue weighted by molar-refractivity contribution is 9.11. The number of hydrazine groups is 1. The Hall–Kier alpha value is -1.18. The van der Waals surface area contributed by atoms with E-state index in [2.05, 4.69) is 47.3 Å². The van der Waals surface area contributed by atoms with E-state index >= 15 is 0 Å². The predicted octanol–water partition coefficient (Wildman–Crippen LogP) is 3.39. The second-order valence-electron chi connectivity index (χ2n) is 3.52. The first-order valence-electron chi connectivity index (χ1n) is 5.03. The Morgan fingerprint density at radius 2 is 2.06 bits per heavy atom. The number of nitrogen functional groups attached to an aromatic ring is 1. The number of nitrogens with one attached hydrogen (secondary N) is 1. The maximum atomic E-state index is 5.70. The van der Waals surface area contributed by atoms with E-state index in [0.29, 0.717) is 21.9 Å². The molecule has 1 aromatic heterocycles. The van der Waals surface area contributed by atoms with Gasteiger partial charge in [0.25, 0.3) is 0 Å². The highest BCUT2D eigenvalue weighted by atomic mass is 79.9. The van der Waals surface area contributed by atoms with Gasteiger partial charge >= 0.3 is 0 Å². The van der Waals surface area contributed by atoms with E-state index in [4.69, 9.17) is 10.6 Å². The van der Waals surface area contributed by atoms with Crippen LogP contribution in [0.3, 0.4) is 0 Å². The van der Waals surface area contributed by atoms with Gasteiger partial charge in [0.05, 0.1) is 4.47 Å². The van der Waals surface area contributed by atoms with Crippen LogP contribution < -0.4 is 16.0 Å². The normalized spacial score (nSPS) is 10.2. The van der Waals surface area contributed by atoms with E-state index < -0.39 is 0 Å². The molecule has 0 spiro atoms. The van der Waals surface area contributed by atoms with Gasteiger partial charge in [-0.1, -0.05) is 6.07 Å². The molecular formula is C11H10Br2N4O. The first kappa shape index (κ1) is 13.3. The van der Waals surface area contributed by atoms with E-state index in [-0.39, 0.29) is 0 Å². The first-order chi connectivity index (χ1) is 8.61. The molecule has 1 aromatic carbocycles. The summed E-state index contributed by atoms with van der Waals surface area (Å²) in [6, 6.07) is 5.79. The summed E-state index contributed by atoms with van der Waals surface area (Å²) in [5.74, 6) is 6.85. The number of hydrogen-bond acceptors (Lipinski definition) is 5. The van der Waals surface area contributed by atoms with Gasteiger partial charge in [-0.3, -0.25) is 0 Å². The van der Waals surface area contributed by atoms with E-state index in [1.165, 1.54) is 6.33 Å². The molecule has 94 valence electrons. The molecule has 0 aliphatic heterocycles. The first-order valence-corrected chi connectivity index (χ1v) is 6.61. The van der Waals surface area contributed by atoms with Crippen LogP contribution in [0, 0.1) is 6.92 Å². The van der Waals surface area contributed by atoms with Crippen LogP contribution in [0.1, 0.15) is 5.56 Å². The maximum absolute atomic E-state index is 5.70. The third-order valence-electron chi connectivity index (χ3n) is 2.19. The summed E-state index contributed by atoms with van der Waals surface area (Å²) in [7, 11) is 0. The molecule has 0 aliphatic rings. The Morgan fingerprint density at radius 1 is 1.28 bits per heavy atom. The number of benzene rings is 1. The van der Waals surface area contributed by atoms with Crippen LogP contribution in [0.2, 0.25) is 0 Å². The van der Waals surface area contributed by atoms with Crippen LogP contribution >= 0.6 is 31.9 Å². The topological polar surface area (TPSA) is 73.1 Å². The highest BCUT2D eigenvalue weighted by Crippen LogP contribution is 2.34. The van der Waals surface area contributed by atoms with Crippen LogP contribution in [0.15, 0.2) is 33.5 Å². The molecule has 5 nitrogen and oxygen atoms in total. The third kappa shape index (κ3) is 2.80. The zero-order valence-electron chi connectivity index (χ0n) is 9.45. The van der Waals surface area contributed by atoms with Crippen molar-refractivity contribution >= 4 is 37.7 Å². The number of halogens is 2. The van der Waals surface area contributed by atoms with Gasteiger partial charge in [-0.2, -0.15) is 0 Å². The lowest BCUT2D eigenvalue weighted by Gasteiger charge is -2.10. The molecule has 3 N–H and O–H groups in total. The molecule has 7 heteroatoms. The molecule has 0 unspecified atom stereocenters. The van der Waals surface area contributed by atoms with Gasteiger partial charge < -0.3 is 10.2 Å². The number of aryl methyl sites for hydroxylation is 1. The van der Waals surface area contributed by atoms with Crippen molar-refractivity contribution in [1.82, 2.24) is 9.97 Å². The van der Waals surface area contributed by atoms with Gasteiger partial charge in [0, 0.05) is 0 Å². The summed E-state index contributed by atoms with van der Waals surface area (Å²) >= 11 is 6.77. The minimum absolute atomic E-state index is 0.391. The highest BCUT2D eigenvalue weighted by Gasteiger charge is 2.11. The SMILES string of the molecule is Cc1ccc(Oc2ncnc(NN)c2Br)c(Br)c1. The average molecular weight is 374 g/mol. The van der Waals surface area contributed by atoms with Crippen molar-refractivity contribution in [3.8, 4) is 11.6 Å². The Morgan fingerprint density at radius 3 is 2.72 bits per heavy atom. The lowest BCUT2D eigenvalue weighted by atomic mass is 10.2. The second-order valence-corrected chi connectivity index (χ2v) is 5.17. The number of ether oxygens (including phenoxy) is 1. The fourth-order valence-corrected chi connectivity index (χ4v) is 2.29. The van der Waals surface area contributed by atoms with Crippen LogP contribution in [0.25, 0.3) is 0 Å². The summed E-state index contributed by atoms with van der Waals surface area (Å²) < 4.78 is 7.12. The minimum atomic E-state index is 0.391. The molecular weight excluding hydrogens is 364 g/mol. The molecule has 0 amide bonds. The van der Waals surface area contributed by atoms with Gasteiger partial charge in [0.15, 0.2) is 5.82 Å². The summed E-state index contributed by atoms with van der Waals surface area (Å²) in [6.07, 6.45) is 1.37. The smallest absolute Gasteiger partial charge is 0.238 e. The van der Waals surface area contributed by atoms with Gasteiger partial charge in [-0.25, -0.2) is 15.8 Å². The summed E-state index contributed by atoms with van der Waals surface area (Å²) in [4.78, 5) is 8.00. The fraction of sp³-hybridized carbons (Fsp3) is 0.0909. The van der Waals surface area contributed by atoms with Crippen molar-refractivity contribution in [3.63, 3.8) is 0 Å². The van der Waals surface area contributed by atoms with Crippen LogP contribution in [0.4, 0.5) is 5.82 Å². The Labute approximate surface area is 121 Å². The fourth-order valence-electron chi connectivity index (χ4n) is 1.32. The molecule has 1 heterocycles. The van der Waals surface area contributed by atoms with Gasteiger partial charge in [0.2, 0.25) is 5.88 Å². The maximum Gasteiger partial charge on any atom is 0.238 e. The second kappa shape index (κ2) is 5.64. The molecule has 0 radical (unpaired) electrons. The third-order valence-corrected chi connectivity index (χ3v) is 3.52. The van der Waals surface area contributed by atoms with Crippen molar-refractivity contribution < 1.29 is 4.74 Å². The molecule has 0 bridgehead atoms. The zero-order valence-corrected chi connectivity index (χ0v) is 12.6. The predicted molar refractivity (Wildman–Crippen MR) is 76.5 cm³/mol. The van der Waals surface area contributed by atoms with Gasteiger partial charge in [-0.05, 0) is 56.5 Å². The lowest BCUT2D eigenvalue weighted by Crippen LogP contribution is -2.09. The van der Waals surface area contributed by atoms with Crippen molar-refractivity contribution in [2.45, 2.75) is 6.92 Å². The van der Waals surface area contributed by atoms with E-state index in [0.717, 1.165) is 10.0 Å². The van der Waals surface area contributed by atoms with Crippen molar-refractivity contribution in [2.75, 3.05) is 5.43 Å². The van der Waals surface area contributed by atoms with Gasteiger partial charge in [0.1, 0.15) is 16.5 Å². The summed E-state index contributed by atoms with van der Waals surface area (Å²) in [5.41, 5.74) is 3.59. The molecule has 0 aliphatic carbocycles. The molecule has 0 atom stereocenters. The van der Waals surface area contributed by atoms with Crippen LogP contribution in [0.5, 0.6) is 11.6 Å². The van der Waals surface area contributed by atoms with Crippen molar-refractivity contribution in [3.05, 3.63) is 39.0 Å². The Kier molecular flexibility index (Phi) is 4.15. The zero-order chi connectivity index (χ0) is 13.1. The number of nitrogens with two attached hydrogens (primary N) is 1. The molecule has 2 rings (SSSR count). The van der Waals surface area contributed by atoms with Crippen LogP contribution in [-0.4, -0.2) is 9.97 Å². The standard InChI is InChI=1S/C11H10Br2N4O/c1-6-2-3-8(7(12)4-6)18-11-9(13)10(17-14)15-5-16-11/h2-5H,14H2,1H3,(H,15,16,17). The summed E-state index contributed by atoms with van der Waals surface area (Å²) in [6.45, 7) is 2.01. The molecule has 0 saturated heterocycles. The minimum Gasteiger partial charge on any atom is -0.436 e. The molecule has 18 heavy (non-hydrogen) atoms. The van der Waals surface area contributed by atoms with E-state index in [9.17, 15) is 0 Å². The molecule has 0 fully saturated rings. The monoisotopic (exact) mass is 372 g/mol. The largest absolute Gasteiger partial charge is 0.436 e. The lowest BCUT2D eigenvalue weighted by molar-refractivity contribution is 0.455. The van der Waals surface area contributed by atoms with Crippen molar-refractivity contribution in [1.29, 1.82) is 0 Å². The quantitative estimate of drug-likeness (QED) is 0.637. The number of aromatic nitrogens is 2. The molecule has 2 aromatic rings. The number of hydrogen-bond donors (Lipinski definition) is 2. The van der Waals surface area contributed by atoms with E-state index in [1.54, 1.807) is 0 Å². The van der Waals surface area contributed by atoms with Gasteiger partial charge in [-0.15, -0.1) is 0 Å². The van der Waals surface area contributed by atoms with E-state index in [1.807, 2.05) is 25.1 Å². The number of nitrogens with zero attached hydrogens (tertiary/aromatic N) is 2. The molecule has 0 saturated carbocycles. The Balaban J connectivity index is 2.34. The number of rotatable bonds is 3. The van der Waals surface area contributed by atoms with Crippen molar-refractivity contribution in [2.24, 2.45) is 5.84 Å². The van der Waals surface area contributed by atoms with Crippen LogP contribution in [-0.2, 0) is 0 Å². The summed E-state index contributed by atoms with van der Waals surface area (Å²) in [5, 5.41) is 0. The number of anilines is 1.